The zero-order valence-electron chi connectivity index (χ0n) is 12.0. The molecule has 1 heteroatoms. The lowest BCUT2D eigenvalue weighted by molar-refractivity contribution is 0.232. The van der Waals surface area contributed by atoms with E-state index in [1.807, 2.05) is 0 Å². The summed E-state index contributed by atoms with van der Waals surface area (Å²) in [6, 6.07) is 6.97. The van der Waals surface area contributed by atoms with E-state index >= 15 is 0 Å². The molecule has 19 heavy (non-hydrogen) atoms. The fourth-order valence-electron chi connectivity index (χ4n) is 4.34. The second-order valence-electron chi connectivity index (χ2n) is 6.59. The van der Waals surface area contributed by atoms with E-state index < -0.39 is 0 Å². The van der Waals surface area contributed by atoms with Gasteiger partial charge in [0.05, 0.1) is 0 Å². The van der Waals surface area contributed by atoms with E-state index in [9.17, 15) is 0 Å². The molecule has 0 aliphatic heterocycles. The van der Waals surface area contributed by atoms with E-state index in [2.05, 4.69) is 41.1 Å². The van der Waals surface area contributed by atoms with Crippen molar-refractivity contribution in [3.05, 3.63) is 33.8 Å². The third kappa shape index (κ3) is 2.91. The van der Waals surface area contributed by atoms with Gasteiger partial charge < -0.3 is 0 Å². The van der Waals surface area contributed by atoms with E-state index in [4.69, 9.17) is 0 Å². The van der Waals surface area contributed by atoms with Gasteiger partial charge in [0, 0.05) is 4.47 Å². The Kier molecular flexibility index (Phi) is 4.31. The zero-order chi connectivity index (χ0) is 13.2. The summed E-state index contributed by atoms with van der Waals surface area (Å²) in [4.78, 5) is 0. The van der Waals surface area contributed by atoms with Crippen molar-refractivity contribution in [1.82, 2.24) is 0 Å². The maximum atomic E-state index is 3.62. The van der Waals surface area contributed by atoms with Gasteiger partial charge >= 0.3 is 0 Å². The van der Waals surface area contributed by atoms with Crippen LogP contribution in [-0.4, -0.2) is 0 Å². The minimum Gasteiger partial charge on any atom is -0.0654 e. The summed E-state index contributed by atoms with van der Waals surface area (Å²) in [6.45, 7) is 2.31. The van der Waals surface area contributed by atoms with Gasteiger partial charge in [-0.2, -0.15) is 0 Å². The van der Waals surface area contributed by atoms with Gasteiger partial charge in [-0.1, -0.05) is 54.6 Å². The van der Waals surface area contributed by atoms with Crippen LogP contribution in [0.15, 0.2) is 22.7 Å². The molecule has 0 bridgehead atoms. The van der Waals surface area contributed by atoms with Crippen LogP contribution in [0.2, 0.25) is 0 Å². The summed E-state index contributed by atoms with van der Waals surface area (Å²) < 4.78 is 1.25. The van der Waals surface area contributed by atoms with Crippen molar-refractivity contribution >= 4 is 15.9 Å². The first-order valence-electron chi connectivity index (χ1n) is 8.06. The molecule has 0 N–H and O–H groups in total. The van der Waals surface area contributed by atoms with Crippen LogP contribution in [0.3, 0.4) is 0 Å². The number of benzene rings is 1. The van der Waals surface area contributed by atoms with Crippen molar-refractivity contribution in [2.75, 3.05) is 0 Å². The molecule has 2 aliphatic carbocycles. The number of hydrogen-bond donors (Lipinski definition) is 0. The third-order valence-electron chi connectivity index (χ3n) is 5.29. The lowest BCUT2D eigenvalue weighted by Crippen LogP contribution is -2.20. The fourth-order valence-corrected chi connectivity index (χ4v) is 4.75. The van der Waals surface area contributed by atoms with Crippen molar-refractivity contribution in [3.63, 3.8) is 0 Å². The number of unbranched alkanes of at least 4 members (excludes halogenated alkanes) is 2. The maximum absolute atomic E-state index is 3.62. The average Bonchev–Trinajstić information content (AvgIpc) is 2.75. The van der Waals surface area contributed by atoms with Gasteiger partial charge in [-0.25, -0.2) is 0 Å². The summed E-state index contributed by atoms with van der Waals surface area (Å²) in [5, 5.41) is 0. The third-order valence-corrected chi connectivity index (χ3v) is 5.79. The quantitative estimate of drug-likeness (QED) is 0.589. The first-order chi connectivity index (χ1) is 9.28. The predicted octanol–water partition coefficient (Wildman–Crippen LogP) is 6.09. The Morgan fingerprint density at radius 2 is 2.11 bits per heavy atom. The topological polar surface area (TPSA) is 0 Å². The van der Waals surface area contributed by atoms with Crippen LogP contribution in [0, 0.1) is 11.8 Å². The fraction of sp³-hybridized carbons (Fsp3) is 0.667. The highest BCUT2D eigenvalue weighted by Crippen LogP contribution is 2.49. The van der Waals surface area contributed by atoms with Gasteiger partial charge in [-0.05, 0) is 66.7 Å². The number of hydrogen-bond acceptors (Lipinski definition) is 0. The van der Waals surface area contributed by atoms with E-state index in [0.717, 1.165) is 17.8 Å². The Bertz CT molecular complexity index is 437. The molecule has 0 saturated heterocycles. The summed E-state index contributed by atoms with van der Waals surface area (Å²) in [5.41, 5.74) is 3.29. The molecule has 1 fully saturated rings. The molecule has 0 aromatic heterocycles. The highest BCUT2D eigenvalue weighted by Gasteiger charge is 2.37. The van der Waals surface area contributed by atoms with E-state index in [0.29, 0.717) is 0 Å². The smallest absolute Gasteiger partial charge is 0.0178 e. The summed E-state index contributed by atoms with van der Waals surface area (Å²) in [5.74, 6) is 2.85. The average molecular weight is 321 g/mol. The maximum Gasteiger partial charge on any atom is 0.0178 e. The molecule has 0 nitrogen and oxygen atoms in total. The number of rotatable bonds is 4. The number of fused-ring (bicyclic) bond motifs is 3. The molecular formula is C18H25Br. The lowest BCUT2D eigenvalue weighted by Gasteiger charge is -2.32. The molecule has 1 aromatic rings. The van der Waals surface area contributed by atoms with Gasteiger partial charge in [0.15, 0.2) is 0 Å². The first kappa shape index (κ1) is 13.7. The Balaban J connectivity index is 1.63. The largest absolute Gasteiger partial charge is 0.0654 e. The van der Waals surface area contributed by atoms with Crippen LogP contribution in [0.1, 0.15) is 68.9 Å². The highest BCUT2D eigenvalue weighted by atomic mass is 79.9. The number of halogens is 1. The summed E-state index contributed by atoms with van der Waals surface area (Å²) in [6.07, 6.45) is 11.5. The van der Waals surface area contributed by atoms with Crippen LogP contribution in [-0.2, 0) is 6.42 Å². The van der Waals surface area contributed by atoms with Crippen LogP contribution in [0.25, 0.3) is 0 Å². The molecule has 3 unspecified atom stereocenters. The van der Waals surface area contributed by atoms with Crippen LogP contribution < -0.4 is 0 Å². The second-order valence-corrected chi connectivity index (χ2v) is 7.50. The molecule has 1 aromatic carbocycles. The highest BCUT2D eigenvalue weighted by molar-refractivity contribution is 9.10. The Hall–Kier alpha value is -0.300. The monoisotopic (exact) mass is 320 g/mol. The summed E-state index contributed by atoms with van der Waals surface area (Å²) >= 11 is 3.62. The van der Waals surface area contributed by atoms with Gasteiger partial charge in [0.25, 0.3) is 0 Å². The van der Waals surface area contributed by atoms with E-state index in [-0.39, 0.29) is 0 Å². The zero-order valence-corrected chi connectivity index (χ0v) is 13.6. The van der Waals surface area contributed by atoms with Crippen molar-refractivity contribution in [1.29, 1.82) is 0 Å². The van der Waals surface area contributed by atoms with Crippen LogP contribution in [0.4, 0.5) is 0 Å². The Morgan fingerprint density at radius 3 is 2.95 bits per heavy atom. The molecule has 0 radical (unpaired) electrons. The van der Waals surface area contributed by atoms with E-state index in [1.165, 1.54) is 55.8 Å². The summed E-state index contributed by atoms with van der Waals surface area (Å²) in [7, 11) is 0. The van der Waals surface area contributed by atoms with Gasteiger partial charge in [0.2, 0.25) is 0 Å². The molecule has 0 spiro atoms. The predicted molar refractivity (Wildman–Crippen MR) is 85.6 cm³/mol. The Morgan fingerprint density at radius 1 is 1.21 bits per heavy atom. The molecule has 3 atom stereocenters. The van der Waals surface area contributed by atoms with E-state index in [1.54, 1.807) is 11.1 Å². The normalized spacial score (nSPS) is 29.1. The molecule has 3 rings (SSSR count). The van der Waals surface area contributed by atoms with Crippen LogP contribution >= 0.6 is 15.9 Å². The Labute approximate surface area is 126 Å². The second kappa shape index (κ2) is 5.99. The molecule has 1 saturated carbocycles. The van der Waals surface area contributed by atoms with Crippen molar-refractivity contribution in [3.8, 4) is 0 Å². The van der Waals surface area contributed by atoms with Crippen LogP contribution in [0.5, 0.6) is 0 Å². The molecular weight excluding hydrogens is 296 g/mol. The molecule has 0 amide bonds. The molecule has 104 valence electrons. The minimum atomic E-state index is 0.880. The lowest BCUT2D eigenvalue weighted by atomic mass is 9.73. The van der Waals surface area contributed by atoms with Crippen molar-refractivity contribution in [2.24, 2.45) is 11.8 Å². The first-order valence-corrected chi connectivity index (χ1v) is 8.85. The van der Waals surface area contributed by atoms with Crippen molar-refractivity contribution in [2.45, 2.75) is 64.2 Å². The minimum absolute atomic E-state index is 0.880. The van der Waals surface area contributed by atoms with Gasteiger partial charge in [-0.3, -0.25) is 0 Å². The SMILES string of the molecule is CCCCCC1CCC2c3ccc(Br)cc3CC2C1. The van der Waals surface area contributed by atoms with Gasteiger partial charge in [0.1, 0.15) is 0 Å². The van der Waals surface area contributed by atoms with Crippen molar-refractivity contribution < 1.29 is 0 Å². The standard InChI is InChI=1S/C18H25Br/c1-2-3-4-5-13-6-8-17-14(10-13)11-15-12-16(19)7-9-18(15)17/h7,9,12-14,17H,2-6,8,10-11H2,1H3. The molecule has 0 heterocycles. The molecule has 2 aliphatic rings. The van der Waals surface area contributed by atoms with Gasteiger partial charge in [-0.15, -0.1) is 0 Å².